The van der Waals surface area contributed by atoms with Crippen molar-refractivity contribution < 1.29 is 9.53 Å². The summed E-state index contributed by atoms with van der Waals surface area (Å²) in [4.78, 5) is 14.1. The third kappa shape index (κ3) is 2.72. The summed E-state index contributed by atoms with van der Waals surface area (Å²) in [6.45, 7) is 2.64. The number of H-pyrrole nitrogens is 1. The summed E-state index contributed by atoms with van der Waals surface area (Å²) >= 11 is 0. The van der Waals surface area contributed by atoms with E-state index in [2.05, 4.69) is 36.9 Å². The second-order valence-electron chi connectivity index (χ2n) is 4.60. The van der Waals surface area contributed by atoms with Gasteiger partial charge in [0.05, 0.1) is 30.2 Å². The van der Waals surface area contributed by atoms with Gasteiger partial charge in [0.15, 0.2) is 0 Å². The summed E-state index contributed by atoms with van der Waals surface area (Å²) in [6.07, 6.45) is 0. The number of carbonyl (C=O) groups excluding carboxylic acids is 1. The molecule has 2 aromatic rings. The molecule has 112 valence electrons. The molecule has 0 saturated carbocycles. The zero-order chi connectivity index (χ0) is 15.4. The fourth-order valence-corrected chi connectivity index (χ4v) is 2.27. The largest absolute Gasteiger partial charge is 0.378 e. The summed E-state index contributed by atoms with van der Waals surface area (Å²) in [5.74, 6) is -0.606. The lowest BCUT2D eigenvalue weighted by molar-refractivity contribution is 0.101. The number of aromatic nitrogens is 4. The first-order valence-electron chi connectivity index (χ1n) is 6.70. The highest BCUT2D eigenvalue weighted by Crippen LogP contribution is 2.27. The molecule has 9 heteroatoms. The number of rotatable bonds is 3. The number of morpholine rings is 1. The number of carbonyl (C=O) groups is 1. The summed E-state index contributed by atoms with van der Waals surface area (Å²) < 4.78 is 5.32. The van der Waals surface area contributed by atoms with Gasteiger partial charge in [0, 0.05) is 13.1 Å². The molecule has 1 aliphatic rings. The van der Waals surface area contributed by atoms with Crippen LogP contribution in [0.2, 0.25) is 0 Å². The van der Waals surface area contributed by atoms with Crippen LogP contribution in [0.25, 0.3) is 0 Å². The van der Waals surface area contributed by atoms with Gasteiger partial charge in [0.25, 0.3) is 11.7 Å². The van der Waals surface area contributed by atoms with Gasteiger partial charge in [-0.15, -0.1) is 10.2 Å². The van der Waals surface area contributed by atoms with Crippen LogP contribution in [0, 0.1) is 11.3 Å². The van der Waals surface area contributed by atoms with E-state index < -0.39 is 5.91 Å². The predicted octanol–water partition coefficient (Wildman–Crippen LogP) is 0.160. The number of nitrogens with zero attached hydrogens (tertiary/aromatic N) is 5. The van der Waals surface area contributed by atoms with Crippen molar-refractivity contribution in [2.45, 2.75) is 0 Å². The Balaban J connectivity index is 1.88. The van der Waals surface area contributed by atoms with E-state index >= 15 is 0 Å². The molecular weight excluding hydrogens is 286 g/mol. The number of hydrogen-bond acceptors (Lipinski definition) is 7. The topological polar surface area (TPSA) is 120 Å². The highest BCUT2D eigenvalue weighted by Gasteiger charge is 2.19. The first-order chi connectivity index (χ1) is 10.8. The van der Waals surface area contributed by atoms with Crippen molar-refractivity contribution in [2.75, 3.05) is 36.5 Å². The molecule has 0 radical (unpaired) electrons. The maximum Gasteiger partial charge on any atom is 0.297 e. The number of nitrogens with one attached hydrogen (secondary N) is 2. The average molecular weight is 299 g/mol. The number of ether oxygens (including phenoxy) is 1. The minimum atomic E-state index is -0.524. The number of anilines is 2. The van der Waals surface area contributed by atoms with Crippen molar-refractivity contribution in [3.63, 3.8) is 0 Å². The highest BCUT2D eigenvalue weighted by molar-refractivity contribution is 6.02. The fourth-order valence-electron chi connectivity index (χ4n) is 2.27. The van der Waals surface area contributed by atoms with Gasteiger partial charge in [-0.2, -0.15) is 10.5 Å². The molecule has 0 spiro atoms. The van der Waals surface area contributed by atoms with E-state index in [4.69, 9.17) is 4.74 Å². The molecule has 1 aromatic carbocycles. The third-order valence-corrected chi connectivity index (χ3v) is 3.30. The van der Waals surface area contributed by atoms with Crippen molar-refractivity contribution in [3.05, 3.63) is 29.6 Å². The van der Waals surface area contributed by atoms with Crippen LogP contribution < -0.4 is 10.2 Å². The number of nitriles is 1. The molecule has 0 atom stereocenters. The number of hydrogen-bond donors (Lipinski definition) is 2. The van der Waals surface area contributed by atoms with Crippen LogP contribution in [-0.2, 0) is 4.74 Å². The zero-order valence-corrected chi connectivity index (χ0v) is 11.6. The number of aromatic amines is 1. The molecule has 0 unspecified atom stereocenters. The Morgan fingerprint density at radius 2 is 2.23 bits per heavy atom. The van der Waals surface area contributed by atoms with Crippen LogP contribution in [-0.4, -0.2) is 52.8 Å². The average Bonchev–Trinajstić information content (AvgIpc) is 3.10. The van der Waals surface area contributed by atoms with Gasteiger partial charge in [0.1, 0.15) is 6.07 Å². The Hall–Kier alpha value is -2.99. The number of amides is 1. The monoisotopic (exact) mass is 299 g/mol. The van der Waals surface area contributed by atoms with Crippen LogP contribution in [0.15, 0.2) is 18.2 Å². The molecule has 22 heavy (non-hydrogen) atoms. The van der Waals surface area contributed by atoms with E-state index in [-0.39, 0.29) is 5.82 Å². The normalized spacial score (nSPS) is 14.4. The van der Waals surface area contributed by atoms with Gasteiger partial charge in [-0.3, -0.25) is 4.79 Å². The predicted molar refractivity (Wildman–Crippen MR) is 76.3 cm³/mol. The molecule has 1 saturated heterocycles. The Morgan fingerprint density at radius 3 is 2.91 bits per heavy atom. The van der Waals surface area contributed by atoms with E-state index in [0.29, 0.717) is 37.6 Å². The number of tetrazole rings is 1. The van der Waals surface area contributed by atoms with Gasteiger partial charge in [0.2, 0.25) is 0 Å². The van der Waals surface area contributed by atoms with Gasteiger partial charge in [-0.1, -0.05) is 6.07 Å². The van der Waals surface area contributed by atoms with Crippen LogP contribution in [0.3, 0.4) is 0 Å². The Bertz CT molecular complexity index is 702. The van der Waals surface area contributed by atoms with Gasteiger partial charge in [-0.25, -0.2) is 0 Å². The Labute approximate surface area is 125 Å². The molecule has 3 rings (SSSR count). The zero-order valence-electron chi connectivity index (χ0n) is 11.6. The maximum absolute atomic E-state index is 12.0. The first-order valence-corrected chi connectivity index (χ1v) is 6.70. The van der Waals surface area contributed by atoms with Crippen molar-refractivity contribution >= 4 is 17.3 Å². The lowest BCUT2D eigenvalue weighted by Gasteiger charge is -2.30. The molecule has 2 heterocycles. The molecule has 1 amide bonds. The minimum Gasteiger partial charge on any atom is -0.378 e. The van der Waals surface area contributed by atoms with Crippen LogP contribution in [0.1, 0.15) is 16.2 Å². The number of benzene rings is 1. The van der Waals surface area contributed by atoms with Crippen molar-refractivity contribution in [1.82, 2.24) is 20.6 Å². The van der Waals surface area contributed by atoms with E-state index in [0.717, 1.165) is 5.69 Å². The molecule has 1 aliphatic heterocycles. The van der Waals surface area contributed by atoms with E-state index in [9.17, 15) is 10.1 Å². The van der Waals surface area contributed by atoms with Gasteiger partial charge < -0.3 is 15.0 Å². The van der Waals surface area contributed by atoms with E-state index in [1.54, 1.807) is 12.1 Å². The second-order valence-corrected chi connectivity index (χ2v) is 4.60. The smallest absolute Gasteiger partial charge is 0.297 e. The highest BCUT2D eigenvalue weighted by atomic mass is 16.5. The standard InChI is InChI=1S/C13H13N7O2/c14-8-9-10(15-13(21)12-16-18-19-17-12)2-1-3-11(9)20-4-6-22-7-5-20/h1-3H,4-7H2,(H,15,21)(H,16,17,18,19). The maximum atomic E-state index is 12.0. The minimum absolute atomic E-state index is 0.0827. The second kappa shape index (κ2) is 6.19. The van der Waals surface area contributed by atoms with Crippen molar-refractivity contribution in [1.29, 1.82) is 5.26 Å². The summed E-state index contributed by atoms with van der Waals surface area (Å²) in [6, 6.07) is 7.46. The molecule has 1 aromatic heterocycles. The van der Waals surface area contributed by atoms with Gasteiger partial charge in [-0.05, 0) is 17.3 Å². The lowest BCUT2D eigenvalue weighted by Crippen LogP contribution is -2.36. The van der Waals surface area contributed by atoms with Crippen LogP contribution >= 0.6 is 0 Å². The Kier molecular flexibility index (Phi) is 3.93. The van der Waals surface area contributed by atoms with Crippen LogP contribution in [0.5, 0.6) is 0 Å². The molecular formula is C13H13N7O2. The van der Waals surface area contributed by atoms with Gasteiger partial charge >= 0.3 is 0 Å². The fraction of sp³-hybridized carbons (Fsp3) is 0.308. The molecule has 2 N–H and O–H groups in total. The first kappa shape index (κ1) is 14.0. The van der Waals surface area contributed by atoms with E-state index in [1.165, 1.54) is 0 Å². The SMILES string of the molecule is N#Cc1c(NC(=O)c2nn[nH]n2)cccc1N1CCOCC1. The Morgan fingerprint density at radius 1 is 1.41 bits per heavy atom. The molecule has 0 aliphatic carbocycles. The molecule has 0 bridgehead atoms. The summed E-state index contributed by atoms with van der Waals surface area (Å²) in [5.41, 5.74) is 1.60. The quantitative estimate of drug-likeness (QED) is 0.828. The molecule has 9 nitrogen and oxygen atoms in total. The van der Waals surface area contributed by atoms with E-state index in [1.807, 2.05) is 6.07 Å². The van der Waals surface area contributed by atoms with Crippen molar-refractivity contribution in [2.24, 2.45) is 0 Å². The summed E-state index contributed by atoms with van der Waals surface area (Å²) in [5, 5.41) is 24.9. The lowest BCUT2D eigenvalue weighted by atomic mass is 10.1. The summed E-state index contributed by atoms with van der Waals surface area (Å²) in [7, 11) is 0. The molecule has 1 fully saturated rings. The third-order valence-electron chi connectivity index (χ3n) is 3.30. The van der Waals surface area contributed by atoms with Crippen LogP contribution in [0.4, 0.5) is 11.4 Å². The van der Waals surface area contributed by atoms with Crippen molar-refractivity contribution in [3.8, 4) is 6.07 Å².